The van der Waals surface area contributed by atoms with Crippen LogP contribution in [-0.4, -0.2) is 22.8 Å². The van der Waals surface area contributed by atoms with Gasteiger partial charge in [0.25, 0.3) is 0 Å². The monoisotopic (exact) mass is 156 g/mol. The zero-order valence-electron chi connectivity index (χ0n) is 7.55. The lowest BCUT2D eigenvalue weighted by atomic mass is 9.98. The van der Waals surface area contributed by atoms with Crippen molar-refractivity contribution in [2.45, 2.75) is 45.4 Å². The van der Waals surface area contributed by atoms with E-state index >= 15 is 0 Å². The highest BCUT2D eigenvalue weighted by molar-refractivity contribution is 4.94. The molecule has 0 saturated heterocycles. The lowest BCUT2D eigenvalue weighted by Gasteiger charge is -2.30. The predicted octanol–water partition coefficient (Wildman–Crippen LogP) is 0.647. The Morgan fingerprint density at radius 1 is 1.45 bits per heavy atom. The molecule has 0 spiro atoms. The Hall–Kier alpha value is -0.590. The highest BCUT2D eigenvalue weighted by atomic mass is 16.3. The number of nitriles is 1. The van der Waals surface area contributed by atoms with Gasteiger partial charge in [-0.1, -0.05) is 0 Å². The summed E-state index contributed by atoms with van der Waals surface area (Å²) in [6.45, 7) is 7.21. The van der Waals surface area contributed by atoms with E-state index in [-0.39, 0.29) is 6.04 Å². The van der Waals surface area contributed by atoms with E-state index in [4.69, 9.17) is 5.26 Å². The topological polar surface area (TPSA) is 56.0 Å². The molecular formula is C8H16N2O. The standard InChI is InChI=1S/C8H16N2O/c1-6(5-9)10-8(3,4)7(2)11/h6-7,10-11H,1-4H3. The quantitative estimate of drug-likeness (QED) is 0.630. The molecule has 0 heterocycles. The van der Waals surface area contributed by atoms with Crippen molar-refractivity contribution in [3.8, 4) is 6.07 Å². The maximum absolute atomic E-state index is 9.25. The number of hydrogen-bond acceptors (Lipinski definition) is 3. The molecule has 0 saturated carbocycles. The maximum Gasteiger partial charge on any atom is 0.0929 e. The predicted molar refractivity (Wildman–Crippen MR) is 44.0 cm³/mol. The number of nitrogens with zero attached hydrogens (tertiary/aromatic N) is 1. The third kappa shape index (κ3) is 3.35. The van der Waals surface area contributed by atoms with E-state index < -0.39 is 11.6 Å². The SMILES string of the molecule is CC(C#N)NC(C)(C)C(C)O. The van der Waals surface area contributed by atoms with Gasteiger partial charge in [-0.3, -0.25) is 5.32 Å². The van der Waals surface area contributed by atoms with Crippen molar-refractivity contribution in [3.05, 3.63) is 0 Å². The molecule has 3 heteroatoms. The van der Waals surface area contributed by atoms with Crippen LogP contribution in [-0.2, 0) is 0 Å². The van der Waals surface area contributed by atoms with Crippen LogP contribution in [0.15, 0.2) is 0 Å². The molecule has 0 fully saturated rings. The average Bonchev–Trinajstić information content (AvgIpc) is 1.86. The number of hydrogen-bond donors (Lipinski definition) is 2. The molecule has 64 valence electrons. The molecule has 0 aliphatic heterocycles. The summed E-state index contributed by atoms with van der Waals surface area (Å²) in [6, 6.07) is 1.83. The molecule has 0 aromatic rings. The van der Waals surface area contributed by atoms with Crippen molar-refractivity contribution in [1.29, 1.82) is 5.26 Å². The molecule has 2 N–H and O–H groups in total. The van der Waals surface area contributed by atoms with Crippen LogP contribution >= 0.6 is 0 Å². The zero-order valence-corrected chi connectivity index (χ0v) is 7.55. The smallest absolute Gasteiger partial charge is 0.0929 e. The van der Waals surface area contributed by atoms with Gasteiger partial charge in [-0.25, -0.2) is 0 Å². The van der Waals surface area contributed by atoms with E-state index in [1.54, 1.807) is 13.8 Å². The Kier molecular flexibility index (Phi) is 3.50. The molecule has 0 radical (unpaired) electrons. The fourth-order valence-corrected chi connectivity index (χ4v) is 0.711. The Morgan fingerprint density at radius 3 is 2.18 bits per heavy atom. The summed E-state index contributed by atoms with van der Waals surface area (Å²) in [7, 11) is 0. The van der Waals surface area contributed by atoms with Crippen molar-refractivity contribution in [2.24, 2.45) is 0 Å². The summed E-state index contributed by atoms with van der Waals surface area (Å²) in [5.74, 6) is 0. The number of rotatable bonds is 3. The first-order chi connectivity index (χ1) is 4.90. The molecule has 0 amide bonds. The third-order valence-electron chi connectivity index (χ3n) is 1.83. The number of aliphatic hydroxyl groups excluding tert-OH is 1. The van der Waals surface area contributed by atoms with Gasteiger partial charge in [-0.2, -0.15) is 5.26 Å². The fourth-order valence-electron chi connectivity index (χ4n) is 0.711. The van der Waals surface area contributed by atoms with E-state index in [0.29, 0.717) is 0 Å². The molecule has 3 nitrogen and oxygen atoms in total. The Labute approximate surface area is 68.0 Å². The van der Waals surface area contributed by atoms with Gasteiger partial charge in [0.15, 0.2) is 0 Å². The lowest BCUT2D eigenvalue weighted by molar-refractivity contribution is 0.0937. The van der Waals surface area contributed by atoms with Crippen LogP contribution in [0, 0.1) is 11.3 Å². The van der Waals surface area contributed by atoms with Crippen molar-refractivity contribution >= 4 is 0 Å². The Bertz CT molecular complexity index is 158. The van der Waals surface area contributed by atoms with Crippen LogP contribution in [0.3, 0.4) is 0 Å². The molecule has 0 aromatic heterocycles. The van der Waals surface area contributed by atoms with Gasteiger partial charge in [-0.15, -0.1) is 0 Å². The minimum atomic E-state index is -0.460. The van der Waals surface area contributed by atoms with Crippen molar-refractivity contribution in [2.75, 3.05) is 0 Å². The van der Waals surface area contributed by atoms with Crippen molar-refractivity contribution in [1.82, 2.24) is 5.32 Å². The van der Waals surface area contributed by atoms with Gasteiger partial charge in [0.1, 0.15) is 0 Å². The van der Waals surface area contributed by atoms with E-state index in [1.165, 1.54) is 0 Å². The zero-order chi connectivity index (χ0) is 9.07. The summed E-state index contributed by atoms with van der Waals surface area (Å²) in [4.78, 5) is 0. The first-order valence-corrected chi connectivity index (χ1v) is 3.75. The van der Waals surface area contributed by atoms with Crippen molar-refractivity contribution < 1.29 is 5.11 Å². The molecule has 0 aromatic carbocycles. The maximum atomic E-state index is 9.25. The summed E-state index contributed by atoms with van der Waals surface area (Å²) in [5, 5.41) is 20.7. The molecule has 2 unspecified atom stereocenters. The van der Waals surface area contributed by atoms with Crippen LogP contribution in [0.1, 0.15) is 27.7 Å². The van der Waals surface area contributed by atoms with Gasteiger partial charge in [-0.05, 0) is 27.7 Å². The largest absolute Gasteiger partial charge is 0.392 e. The highest BCUT2D eigenvalue weighted by Gasteiger charge is 2.24. The molecular weight excluding hydrogens is 140 g/mol. The number of aliphatic hydroxyl groups is 1. The minimum Gasteiger partial charge on any atom is -0.392 e. The number of nitrogens with one attached hydrogen (secondary N) is 1. The molecule has 0 aliphatic rings. The first-order valence-electron chi connectivity index (χ1n) is 3.75. The molecule has 0 aliphatic carbocycles. The van der Waals surface area contributed by atoms with Gasteiger partial charge >= 0.3 is 0 Å². The van der Waals surface area contributed by atoms with Gasteiger partial charge in [0, 0.05) is 5.54 Å². The van der Waals surface area contributed by atoms with Crippen LogP contribution < -0.4 is 5.32 Å². The first kappa shape index (κ1) is 10.4. The molecule has 11 heavy (non-hydrogen) atoms. The Morgan fingerprint density at radius 2 is 1.91 bits per heavy atom. The second-order valence-electron chi connectivity index (χ2n) is 3.39. The van der Waals surface area contributed by atoms with Gasteiger partial charge in [0.2, 0.25) is 0 Å². The van der Waals surface area contributed by atoms with Crippen LogP contribution in [0.2, 0.25) is 0 Å². The van der Waals surface area contributed by atoms with E-state index in [9.17, 15) is 5.11 Å². The normalized spacial score (nSPS) is 17.1. The second-order valence-corrected chi connectivity index (χ2v) is 3.39. The highest BCUT2D eigenvalue weighted by Crippen LogP contribution is 2.08. The minimum absolute atomic E-state index is 0.223. The van der Waals surface area contributed by atoms with E-state index in [0.717, 1.165) is 0 Å². The lowest BCUT2D eigenvalue weighted by Crippen LogP contribution is -2.51. The molecule has 0 bridgehead atoms. The Balaban J connectivity index is 4.04. The second kappa shape index (κ2) is 3.70. The molecule has 2 atom stereocenters. The third-order valence-corrected chi connectivity index (χ3v) is 1.83. The summed E-state index contributed by atoms with van der Waals surface area (Å²) < 4.78 is 0. The fraction of sp³-hybridized carbons (Fsp3) is 0.875. The van der Waals surface area contributed by atoms with Gasteiger partial charge in [0.05, 0.1) is 18.2 Å². The van der Waals surface area contributed by atoms with Crippen LogP contribution in [0.25, 0.3) is 0 Å². The van der Waals surface area contributed by atoms with Gasteiger partial charge < -0.3 is 5.11 Å². The van der Waals surface area contributed by atoms with Crippen molar-refractivity contribution in [3.63, 3.8) is 0 Å². The van der Waals surface area contributed by atoms with Crippen LogP contribution in [0.5, 0.6) is 0 Å². The average molecular weight is 156 g/mol. The van der Waals surface area contributed by atoms with Crippen LogP contribution in [0.4, 0.5) is 0 Å². The molecule has 0 rings (SSSR count). The van der Waals surface area contributed by atoms with E-state index in [1.807, 2.05) is 13.8 Å². The summed E-state index contributed by atoms with van der Waals surface area (Å²) in [6.07, 6.45) is -0.460. The summed E-state index contributed by atoms with van der Waals surface area (Å²) in [5.41, 5.74) is -0.394. The van der Waals surface area contributed by atoms with E-state index in [2.05, 4.69) is 11.4 Å². The summed E-state index contributed by atoms with van der Waals surface area (Å²) >= 11 is 0.